The predicted molar refractivity (Wildman–Crippen MR) is 174 cm³/mol. The number of likely N-dealkylation sites (tertiary alicyclic amines) is 1. The van der Waals surface area contributed by atoms with Crippen molar-refractivity contribution in [2.24, 2.45) is 0 Å². The topological polar surface area (TPSA) is 116 Å². The first-order valence-corrected chi connectivity index (χ1v) is 15.4. The minimum Gasteiger partial charge on any atom is -0.444 e. The van der Waals surface area contributed by atoms with Gasteiger partial charge in [-0.3, -0.25) is 4.90 Å². The lowest BCUT2D eigenvalue weighted by Gasteiger charge is -2.27. The van der Waals surface area contributed by atoms with Crippen molar-refractivity contribution in [3.8, 4) is 33.6 Å². The molecule has 2 atom stereocenters. The molecule has 1 aliphatic heterocycles. The number of ether oxygens (including phenoxy) is 2. The van der Waals surface area contributed by atoms with E-state index in [0.717, 1.165) is 52.3 Å². The van der Waals surface area contributed by atoms with Crippen LogP contribution >= 0.6 is 0 Å². The van der Waals surface area contributed by atoms with Gasteiger partial charge in [0, 0.05) is 13.6 Å². The first-order valence-electron chi connectivity index (χ1n) is 15.4. The maximum Gasteiger partial charge on any atom is 0.410 e. The highest BCUT2D eigenvalue weighted by Gasteiger charge is 2.35. The van der Waals surface area contributed by atoms with E-state index in [4.69, 9.17) is 9.47 Å². The highest BCUT2D eigenvalue weighted by atomic mass is 16.6. The highest BCUT2D eigenvalue weighted by molar-refractivity contribution is 5.72. The Morgan fingerprint density at radius 2 is 1.33 bits per heavy atom. The summed E-state index contributed by atoms with van der Waals surface area (Å²) in [5.41, 5.74) is 4.88. The molecule has 45 heavy (non-hydrogen) atoms. The van der Waals surface area contributed by atoms with Crippen LogP contribution in [0.4, 0.5) is 9.59 Å². The molecule has 3 heterocycles. The van der Waals surface area contributed by atoms with E-state index in [0.29, 0.717) is 12.4 Å². The van der Waals surface area contributed by atoms with Crippen LogP contribution in [0.25, 0.3) is 33.6 Å². The fraction of sp³-hybridized carbons (Fsp3) is 0.429. The molecule has 2 amide bonds. The fourth-order valence-electron chi connectivity index (χ4n) is 5.30. The van der Waals surface area contributed by atoms with Crippen LogP contribution < -0.4 is 0 Å². The molecular formula is C35H44N6O4. The van der Waals surface area contributed by atoms with Gasteiger partial charge < -0.3 is 24.3 Å². The standard InChI is InChI=1S/C35H44N6O4/c1-22(40(8)32(42)44-34(2,3)4)30-36-20-27(38-30)25-15-11-23(12-16-25)24-13-17-26(18-14-24)28-21-37-31(39-28)29-10-9-19-41(29)33(43)45-35(5,6)7/h11-18,20-22,29H,9-10,19H2,1-8H3,(H,36,38)(H,37,39)/t22-,29?/m0/s1. The molecule has 0 saturated carbocycles. The summed E-state index contributed by atoms with van der Waals surface area (Å²) >= 11 is 0. The Morgan fingerprint density at radius 3 is 1.89 bits per heavy atom. The summed E-state index contributed by atoms with van der Waals surface area (Å²) in [5, 5.41) is 0. The number of carbonyl (C=O) groups is 2. The van der Waals surface area contributed by atoms with Gasteiger partial charge in [0.05, 0.1) is 35.9 Å². The minimum atomic E-state index is -0.563. The Morgan fingerprint density at radius 1 is 0.822 bits per heavy atom. The highest BCUT2D eigenvalue weighted by Crippen LogP contribution is 2.33. The molecule has 5 rings (SSSR count). The number of amides is 2. The molecule has 1 saturated heterocycles. The van der Waals surface area contributed by atoms with Crippen molar-refractivity contribution in [1.82, 2.24) is 29.7 Å². The number of nitrogens with zero attached hydrogens (tertiary/aromatic N) is 4. The smallest absolute Gasteiger partial charge is 0.410 e. The maximum absolute atomic E-state index is 12.7. The van der Waals surface area contributed by atoms with Gasteiger partial charge in [0.25, 0.3) is 0 Å². The number of hydrogen-bond donors (Lipinski definition) is 2. The number of imidazole rings is 2. The zero-order valence-electron chi connectivity index (χ0n) is 27.5. The van der Waals surface area contributed by atoms with Crippen LogP contribution in [0.3, 0.4) is 0 Å². The third-order valence-electron chi connectivity index (χ3n) is 7.77. The van der Waals surface area contributed by atoms with Crippen LogP contribution in [0.15, 0.2) is 60.9 Å². The molecule has 10 heteroatoms. The van der Waals surface area contributed by atoms with Crippen LogP contribution in [0.2, 0.25) is 0 Å². The quantitative estimate of drug-likeness (QED) is 0.227. The van der Waals surface area contributed by atoms with Gasteiger partial charge in [-0.2, -0.15) is 0 Å². The first kappa shape index (κ1) is 31.8. The molecule has 1 aliphatic rings. The molecule has 1 fully saturated rings. The lowest BCUT2D eigenvalue weighted by Crippen LogP contribution is -2.36. The Hall–Kier alpha value is -4.60. The zero-order valence-corrected chi connectivity index (χ0v) is 27.5. The summed E-state index contributed by atoms with van der Waals surface area (Å²) in [7, 11) is 1.71. The van der Waals surface area contributed by atoms with Gasteiger partial charge in [0.2, 0.25) is 0 Å². The molecule has 0 aliphatic carbocycles. The molecule has 2 aromatic heterocycles. The Kier molecular flexibility index (Phi) is 8.78. The normalized spacial score (nSPS) is 16.0. The lowest BCUT2D eigenvalue weighted by atomic mass is 10.0. The molecule has 0 bridgehead atoms. The third-order valence-corrected chi connectivity index (χ3v) is 7.77. The summed E-state index contributed by atoms with van der Waals surface area (Å²) in [4.78, 5) is 44.5. The van der Waals surface area contributed by atoms with Crippen LogP contribution in [0, 0.1) is 0 Å². The molecule has 2 aromatic carbocycles. The average molecular weight is 613 g/mol. The summed E-state index contributed by atoms with van der Waals surface area (Å²) in [5.74, 6) is 1.46. The van der Waals surface area contributed by atoms with Crippen molar-refractivity contribution in [3.05, 3.63) is 72.6 Å². The Balaban J connectivity index is 1.24. The van der Waals surface area contributed by atoms with E-state index in [9.17, 15) is 9.59 Å². The fourth-order valence-corrected chi connectivity index (χ4v) is 5.30. The largest absolute Gasteiger partial charge is 0.444 e. The van der Waals surface area contributed by atoms with E-state index < -0.39 is 17.3 Å². The number of hydrogen-bond acceptors (Lipinski definition) is 6. The van der Waals surface area contributed by atoms with E-state index in [-0.39, 0.29) is 18.2 Å². The van der Waals surface area contributed by atoms with Gasteiger partial charge in [-0.1, -0.05) is 48.5 Å². The SMILES string of the molecule is C[C@@H](c1ncc(-c2ccc(-c3ccc(-c4cnc(C5CCCN5C(=O)OC(C)(C)C)[nH]4)cc3)cc2)[nH]1)N(C)C(=O)OC(C)(C)C. The molecule has 10 nitrogen and oxygen atoms in total. The second-order valence-corrected chi connectivity index (χ2v) is 13.6. The van der Waals surface area contributed by atoms with Crippen LogP contribution in [0.1, 0.15) is 85.0 Å². The first-order chi connectivity index (χ1) is 21.2. The van der Waals surface area contributed by atoms with Crippen molar-refractivity contribution < 1.29 is 19.1 Å². The molecule has 0 spiro atoms. The van der Waals surface area contributed by atoms with E-state index in [1.165, 1.54) is 4.90 Å². The number of benzene rings is 2. The number of rotatable bonds is 6. The van der Waals surface area contributed by atoms with Crippen LogP contribution in [-0.2, 0) is 9.47 Å². The number of nitrogens with one attached hydrogen (secondary N) is 2. The second-order valence-electron chi connectivity index (χ2n) is 13.6. The van der Waals surface area contributed by atoms with E-state index >= 15 is 0 Å². The molecule has 4 aromatic rings. The number of carbonyl (C=O) groups excluding carboxylic acids is 2. The Bertz CT molecular complexity index is 1630. The second kappa shape index (κ2) is 12.4. The molecule has 238 valence electrons. The number of aromatic nitrogens is 4. The average Bonchev–Trinajstić information content (AvgIpc) is 3.75. The third kappa shape index (κ3) is 7.56. The summed E-state index contributed by atoms with van der Waals surface area (Å²) < 4.78 is 11.1. The zero-order chi connectivity index (χ0) is 32.5. The van der Waals surface area contributed by atoms with E-state index in [2.05, 4.69) is 68.5 Å². The van der Waals surface area contributed by atoms with Gasteiger partial charge in [0.15, 0.2) is 0 Å². The van der Waals surface area contributed by atoms with Crippen molar-refractivity contribution >= 4 is 12.2 Å². The molecule has 1 unspecified atom stereocenters. The van der Waals surface area contributed by atoms with Crippen molar-refractivity contribution in [1.29, 1.82) is 0 Å². The maximum atomic E-state index is 12.7. The minimum absolute atomic E-state index is 0.119. The van der Waals surface area contributed by atoms with Gasteiger partial charge in [-0.05, 0) is 83.6 Å². The lowest BCUT2D eigenvalue weighted by molar-refractivity contribution is 0.0212. The van der Waals surface area contributed by atoms with Crippen LogP contribution in [-0.4, -0.2) is 66.7 Å². The van der Waals surface area contributed by atoms with Gasteiger partial charge in [-0.15, -0.1) is 0 Å². The monoisotopic (exact) mass is 612 g/mol. The van der Waals surface area contributed by atoms with Gasteiger partial charge >= 0.3 is 12.2 Å². The molecule has 2 N–H and O–H groups in total. The molecule has 0 radical (unpaired) electrons. The Labute approximate surface area is 265 Å². The summed E-state index contributed by atoms with van der Waals surface area (Å²) in [6.45, 7) is 13.8. The number of H-pyrrole nitrogens is 2. The summed E-state index contributed by atoms with van der Waals surface area (Å²) in [6, 6.07) is 16.2. The van der Waals surface area contributed by atoms with Crippen LogP contribution in [0.5, 0.6) is 0 Å². The number of aromatic amines is 2. The van der Waals surface area contributed by atoms with E-state index in [1.54, 1.807) is 18.1 Å². The van der Waals surface area contributed by atoms with Crippen molar-refractivity contribution in [2.45, 2.75) is 84.6 Å². The van der Waals surface area contributed by atoms with Gasteiger partial charge in [0.1, 0.15) is 22.9 Å². The van der Waals surface area contributed by atoms with Crippen molar-refractivity contribution in [2.75, 3.05) is 13.6 Å². The molecular weight excluding hydrogens is 568 g/mol. The predicted octanol–water partition coefficient (Wildman–Crippen LogP) is 8.13. The van der Waals surface area contributed by atoms with E-state index in [1.807, 2.05) is 54.7 Å². The summed E-state index contributed by atoms with van der Waals surface area (Å²) in [6.07, 6.45) is 4.69. The van der Waals surface area contributed by atoms with Gasteiger partial charge in [-0.25, -0.2) is 19.6 Å². The van der Waals surface area contributed by atoms with Crippen molar-refractivity contribution in [3.63, 3.8) is 0 Å².